The fraction of sp³-hybridized carbons (Fsp3) is 0.182. The molecule has 0 aliphatic heterocycles. The van der Waals surface area contributed by atoms with Gasteiger partial charge in [0.2, 0.25) is 0 Å². The second-order valence-electron chi connectivity index (χ2n) is 2.52. The SMILES string of the molecule is COc1ccc(O)cc1C#CCC#N. The maximum Gasteiger partial charge on any atom is 0.134 e. The molecule has 1 N–H and O–H groups in total. The normalized spacial score (nSPS) is 8.29. The van der Waals surface area contributed by atoms with Crippen LogP contribution in [0.4, 0.5) is 0 Å². The van der Waals surface area contributed by atoms with Crippen molar-refractivity contribution in [3.8, 4) is 29.4 Å². The van der Waals surface area contributed by atoms with Crippen LogP contribution in [-0.4, -0.2) is 12.2 Å². The van der Waals surface area contributed by atoms with Gasteiger partial charge in [-0.25, -0.2) is 0 Å². The van der Waals surface area contributed by atoms with Gasteiger partial charge in [-0.2, -0.15) is 5.26 Å². The standard InChI is InChI=1S/C11H9NO2/c1-14-11-6-5-10(13)8-9(11)4-2-3-7-12/h5-6,8,13H,3H2,1H3. The molecular weight excluding hydrogens is 178 g/mol. The lowest BCUT2D eigenvalue weighted by Gasteiger charge is -2.02. The number of hydrogen-bond acceptors (Lipinski definition) is 3. The molecule has 0 saturated carbocycles. The molecule has 0 fully saturated rings. The van der Waals surface area contributed by atoms with Crippen molar-refractivity contribution < 1.29 is 9.84 Å². The minimum absolute atomic E-state index is 0.132. The highest BCUT2D eigenvalue weighted by Gasteiger charge is 1.99. The summed E-state index contributed by atoms with van der Waals surface area (Å²) in [5, 5.41) is 17.5. The van der Waals surface area contributed by atoms with Gasteiger partial charge in [0, 0.05) is 0 Å². The van der Waals surface area contributed by atoms with E-state index in [1.165, 1.54) is 19.2 Å². The average Bonchev–Trinajstić information content (AvgIpc) is 2.19. The number of benzene rings is 1. The molecule has 0 amide bonds. The average molecular weight is 187 g/mol. The van der Waals surface area contributed by atoms with Gasteiger partial charge >= 0.3 is 0 Å². The summed E-state index contributed by atoms with van der Waals surface area (Å²) >= 11 is 0. The predicted octanol–water partition coefficient (Wildman–Crippen LogP) is 1.67. The number of hydrogen-bond donors (Lipinski definition) is 1. The Bertz CT molecular complexity index is 421. The molecule has 1 aromatic rings. The van der Waals surface area contributed by atoms with Gasteiger partial charge in [-0.15, -0.1) is 0 Å². The summed E-state index contributed by atoms with van der Waals surface area (Å²) in [4.78, 5) is 0. The van der Waals surface area contributed by atoms with Crippen molar-refractivity contribution in [2.45, 2.75) is 6.42 Å². The predicted molar refractivity (Wildman–Crippen MR) is 51.8 cm³/mol. The van der Waals surface area contributed by atoms with Crippen molar-refractivity contribution in [3.05, 3.63) is 23.8 Å². The zero-order chi connectivity index (χ0) is 10.4. The first-order valence-corrected chi connectivity index (χ1v) is 4.00. The molecule has 1 aromatic carbocycles. The van der Waals surface area contributed by atoms with E-state index in [1.807, 2.05) is 6.07 Å². The molecule has 0 radical (unpaired) electrons. The molecule has 0 aromatic heterocycles. The van der Waals surface area contributed by atoms with Crippen LogP contribution >= 0.6 is 0 Å². The number of rotatable bonds is 1. The molecule has 3 heteroatoms. The van der Waals surface area contributed by atoms with Crippen LogP contribution in [0.1, 0.15) is 12.0 Å². The van der Waals surface area contributed by atoms with Crippen LogP contribution in [0, 0.1) is 23.2 Å². The smallest absolute Gasteiger partial charge is 0.134 e. The Morgan fingerprint density at radius 1 is 1.50 bits per heavy atom. The molecule has 0 spiro atoms. The third-order valence-electron chi connectivity index (χ3n) is 1.57. The van der Waals surface area contributed by atoms with E-state index >= 15 is 0 Å². The number of nitrogens with zero attached hydrogens (tertiary/aromatic N) is 1. The second-order valence-corrected chi connectivity index (χ2v) is 2.52. The molecule has 14 heavy (non-hydrogen) atoms. The Morgan fingerprint density at radius 2 is 2.29 bits per heavy atom. The molecule has 0 aliphatic rings. The summed E-state index contributed by atoms with van der Waals surface area (Å²) in [5.74, 6) is 6.12. The summed E-state index contributed by atoms with van der Waals surface area (Å²) in [7, 11) is 1.53. The van der Waals surface area contributed by atoms with E-state index in [9.17, 15) is 5.11 Å². The van der Waals surface area contributed by atoms with E-state index < -0.39 is 0 Å². The van der Waals surface area contributed by atoms with E-state index in [4.69, 9.17) is 10.00 Å². The van der Waals surface area contributed by atoms with E-state index in [0.29, 0.717) is 11.3 Å². The van der Waals surface area contributed by atoms with Crippen LogP contribution in [-0.2, 0) is 0 Å². The Balaban J connectivity index is 3.02. The molecule has 70 valence electrons. The van der Waals surface area contributed by atoms with Gasteiger partial charge < -0.3 is 9.84 Å². The van der Waals surface area contributed by atoms with E-state index in [2.05, 4.69) is 11.8 Å². The lowest BCUT2D eigenvalue weighted by Crippen LogP contribution is -1.86. The fourth-order valence-corrected chi connectivity index (χ4v) is 0.973. The van der Waals surface area contributed by atoms with Crippen molar-refractivity contribution >= 4 is 0 Å². The summed E-state index contributed by atoms with van der Waals surface area (Å²) in [6.07, 6.45) is 0.165. The maximum absolute atomic E-state index is 9.20. The lowest BCUT2D eigenvalue weighted by molar-refractivity contribution is 0.411. The third-order valence-corrected chi connectivity index (χ3v) is 1.57. The van der Waals surface area contributed by atoms with Gasteiger partial charge in [0.1, 0.15) is 11.5 Å². The van der Waals surface area contributed by atoms with Gasteiger partial charge in [0.25, 0.3) is 0 Å². The van der Waals surface area contributed by atoms with E-state index in [-0.39, 0.29) is 12.2 Å². The first kappa shape index (κ1) is 9.95. The maximum atomic E-state index is 9.20. The third kappa shape index (κ3) is 2.43. The topological polar surface area (TPSA) is 53.2 Å². The number of phenolic OH excluding ortho intramolecular Hbond substituents is 1. The number of phenols is 1. The van der Waals surface area contributed by atoms with Crippen LogP contribution in [0.3, 0.4) is 0 Å². The Hall–Kier alpha value is -2.13. The molecule has 0 bridgehead atoms. The van der Waals surface area contributed by atoms with Crippen LogP contribution in [0.15, 0.2) is 18.2 Å². The minimum Gasteiger partial charge on any atom is -0.508 e. The molecule has 0 atom stereocenters. The molecule has 1 rings (SSSR count). The fourth-order valence-electron chi connectivity index (χ4n) is 0.973. The largest absolute Gasteiger partial charge is 0.508 e. The van der Waals surface area contributed by atoms with Crippen LogP contribution in [0.5, 0.6) is 11.5 Å². The molecule has 0 heterocycles. The van der Waals surface area contributed by atoms with Crippen molar-refractivity contribution in [3.63, 3.8) is 0 Å². The van der Waals surface area contributed by atoms with Crippen molar-refractivity contribution in [2.75, 3.05) is 7.11 Å². The number of ether oxygens (including phenoxy) is 1. The Kier molecular flexibility index (Phi) is 3.41. The first-order chi connectivity index (χ1) is 6.77. The summed E-state index contributed by atoms with van der Waals surface area (Å²) < 4.78 is 5.03. The summed E-state index contributed by atoms with van der Waals surface area (Å²) in [6.45, 7) is 0. The number of nitriles is 1. The quantitative estimate of drug-likeness (QED) is 0.680. The highest BCUT2D eigenvalue weighted by molar-refractivity contribution is 5.49. The summed E-state index contributed by atoms with van der Waals surface area (Å²) in [6, 6.07) is 6.57. The molecule has 3 nitrogen and oxygen atoms in total. The number of aromatic hydroxyl groups is 1. The lowest BCUT2D eigenvalue weighted by atomic mass is 10.2. The zero-order valence-corrected chi connectivity index (χ0v) is 7.74. The zero-order valence-electron chi connectivity index (χ0n) is 7.74. The van der Waals surface area contributed by atoms with Gasteiger partial charge in [0.15, 0.2) is 0 Å². The van der Waals surface area contributed by atoms with Crippen LogP contribution < -0.4 is 4.74 Å². The monoisotopic (exact) mass is 187 g/mol. The molecular formula is C11H9NO2. The highest BCUT2D eigenvalue weighted by atomic mass is 16.5. The van der Waals surface area contributed by atoms with Gasteiger partial charge in [-0.3, -0.25) is 0 Å². The van der Waals surface area contributed by atoms with Gasteiger partial charge in [-0.1, -0.05) is 11.8 Å². The van der Waals surface area contributed by atoms with E-state index in [0.717, 1.165) is 0 Å². The van der Waals surface area contributed by atoms with Crippen molar-refractivity contribution in [2.24, 2.45) is 0 Å². The molecule has 0 saturated heterocycles. The number of methoxy groups -OCH3 is 1. The van der Waals surface area contributed by atoms with Gasteiger partial charge in [0.05, 0.1) is 25.2 Å². The van der Waals surface area contributed by atoms with Gasteiger partial charge in [-0.05, 0) is 18.2 Å². The Labute approximate surface area is 82.6 Å². The van der Waals surface area contributed by atoms with Crippen LogP contribution in [0.25, 0.3) is 0 Å². The summed E-state index contributed by atoms with van der Waals surface area (Å²) in [5.41, 5.74) is 0.586. The highest BCUT2D eigenvalue weighted by Crippen LogP contribution is 2.21. The first-order valence-electron chi connectivity index (χ1n) is 4.00. The second kappa shape index (κ2) is 4.79. The molecule has 0 aliphatic carbocycles. The Morgan fingerprint density at radius 3 is 2.93 bits per heavy atom. The van der Waals surface area contributed by atoms with Crippen molar-refractivity contribution in [1.82, 2.24) is 0 Å². The van der Waals surface area contributed by atoms with Crippen molar-refractivity contribution in [1.29, 1.82) is 5.26 Å². The van der Waals surface area contributed by atoms with Crippen LogP contribution in [0.2, 0.25) is 0 Å². The molecule has 0 unspecified atom stereocenters. The minimum atomic E-state index is 0.132. The van der Waals surface area contributed by atoms with E-state index in [1.54, 1.807) is 6.07 Å².